The number of fused-ring (bicyclic) bond motifs is 4. The first-order chi connectivity index (χ1) is 21.0. The Kier molecular flexibility index (Phi) is 6.46. The van der Waals surface area contributed by atoms with E-state index in [1.54, 1.807) is 14.2 Å². The molecule has 0 radical (unpaired) electrons. The first kappa shape index (κ1) is 26.5. The second kappa shape index (κ2) is 10.5. The molecule has 0 amide bonds. The van der Waals surface area contributed by atoms with E-state index in [9.17, 15) is 0 Å². The second-order valence-corrected chi connectivity index (χ2v) is 10.8. The second-order valence-electron chi connectivity index (χ2n) is 10.8. The highest BCUT2D eigenvalue weighted by Crippen LogP contribution is 2.49. The molecular formula is C35H32N6O2. The molecule has 7 rings (SSSR count). The van der Waals surface area contributed by atoms with Gasteiger partial charge in [-0.25, -0.2) is 14.7 Å². The van der Waals surface area contributed by atoms with Crippen LogP contribution in [0.3, 0.4) is 0 Å². The lowest BCUT2D eigenvalue weighted by atomic mass is 9.93. The van der Waals surface area contributed by atoms with Gasteiger partial charge in [-0.1, -0.05) is 48.5 Å². The molecule has 1 atom stereocenters. The minimum Gasteiger partial charge on any atom is -0.493 e. The summed E-state index contributed by atoms with van der Waals surface area (Å²) in [7, 11) is 3.31. The Morgan fingerprint density at radius 1 is 0.767 bits per heavy atom. The Labute approximate surface area is 251 Å². The molecule has 2 aliphatic rings. The SMILES string of the molecule is COc1ccc([C@@H]2c3c(C)nn(-c4ccccc4)c3N=C3C(Nc4cc(C)ccc4C)=Nc4ccccc4N32)cc1OC. The van der Waals surface area contributed by atoms with Gasteiger partial charge in [0.15, 0.2) is 29.0 Å². The highest BCUT2D eigenvalue weighted by atomic mass is 16.5. The smallest absolute Gasteiger partial charge is 0.179 e. The van der Waals surface area contributed by atoms with E-state index >= 15 is 0 Å². The molecule has 0 spiro atoms. The molecule has 0 saturated carbocycles. The molecule has 8 nitrogen and oxygen atoms in total. The number of rotatable bonds is 5. The fourth-order valence-corrected chi connectivity index (χ4v) is 5.88. The molecule has 4 aromatic carbocycles. The van der Waals surface area contributed by atoms with Crippen LogP contribution >= 0.6 is 0 Å². The highest BCUT2D eigenvalue weighted by molar-refractivity contribution is 6.51. The van der Waals surface area contributed by atoms with Crippen molar-refractivity contribution >= 4 is 34.6 Å². The number of methoxy groups -OCH3 is 2. The van der Waals surface area contributed by atoms with Crippen molar-refractivity contribution < 1.29 is 9.47 Å². The molecule has 43 heavy (non-hydrogen) atoms. The zero-order valence-corrected chi connectivity index (χ0v) is 24.8. The van der Waals surface area contributed by atoms with Crippen molar-refractivity contribution in [3.63, 3.8) is 0 Å². The van der Waals surface area contributed by atoms with E-state index in [1.165, 1.54) is 0 Å². The van der Waals surface area contributed by atoms with Crippen LogP contribution in [0.5, 0.6) is 11.5 Å². The fourth-order valence-electron chi connectivity index (χ4n) is 5.88. The number of aromatic nitrogens is 2. The van der Waals surface area contributed by atoms with Crippen LogP contribution in [0.4, 0.5) is 22.9 Å². The van der Waals surface area contributed by atoms with Gasteiger partial charge < -0.3 is 19.7 Å². The summed E-state index contributed by atoms with van der Waals surface area (Å²) in [4.78, 5) is 12.7. The predicted molar refractivity (Wildman–Crippen MR) is 172 cm³/mol. The number of aryl methyl sites for hydroxylation is 3. The number of nitrogens with zero attached hydrogens (tertiary/aromatic N) is 5. The molecule has 0 bridgehead atoms. The van der Waals surface area contributed by atoms with Gasteiger partial charge in [-0.05, 0) is 79.9 Å². The molecule has 5 aromatic rings. The van der Waals surface area contributed by atoms with Crippen LogP contribution in [0.2, 0.25) is 0 Å². The maximum Gasteiger partial charge on any atom is 0.179 e. The molecule has 0 unspecified atom stereocenters. The summed E-state index contributed by atoms with van der Waals surface area (Å²) in [5.41, 5.74) is 8.96. The third-order valence-electron chi connectivity index (χ3n) is 8.01. The Balaban J connectivity index is 1.51. The molecule has 0 fully saturated rings. The number of amidine groups is 2. The van der Waals surface area contributed by atoms with Gasteiger partial charge in [0.25, 0.3) is 0 Å². The van der Waals surface area contributed by atoms with Crippen molar-refractivity contribution in [3.8, 4) is 17.2 Å². The van der Waals surface area contributed by atoms with Crippen molar-refractivity contribution in [2.45, 2.75) is 26.8 Å². The number of ether oxygens (including phenoxy) is 2. The van der Waals surface area contributed by atoms with Crippen LogP contribution in [0.15, 0.2) is 101 Å². The van der Waals surface area contributed by atoms with Gasteiger partial charge in [-0.2, -0.15) is 5.10 Å². The molecule has 8 heteroatoms. The number of para-hydroxylation sites is 3. The van der Waals surface area contributed by atoms with Crippen molar-refractivity contribution in [3.05, 3.63) is 119 Å². The molecule has 3 heterocycles. The van der Waals surface area contributed by atoms with Crippen LogP contribution < -0.4 is 19.7 Å². The van der Waals surface area contributed by atoms with Gasteiger partial charge in [0.1, 0.15) is 0 Å². The van der Waals surface area contributed by atoms with Gasteiger partial charge >= 0.3 is 0 Å². The zero-order chi connectivity index (χ0) is 29.7. The number of hydrogen-bond acceptors (Lipinski definition) is 7. The number of aliphatic imine (C=N–C) groups is 2. The van der Waals surface area contributed by atoms with E-state index in [0.29, 0.717) is 23.2 Å². The van der Waals surface area contributed by atoms with Gasteiger partial charge in [-0.15, -0.1) is 0 Å². The maximum absolute atomic E-state index is 5.76. The summed E-state index contributed by atoms with van der Waals surface area (Å²) < 4.78 is 13.3. The van der Waals surface area contributed by atoms with Crippen LogP contribution in [0.25, 0.3) is 5.69 Å². The maximum atomic E-state index is 5.76. The minimum atomic E-state index is -0.271. The summed E-state index contributed by atoms with van der Waals surface area (Å²) >= 11 is 0. The first-order valence-corrected chi connectivity index (χ1v) is 14.2. The van der Waals surface area contributed by atoms with E-state index in [0.717, 1.165) is 56.5 Å². The zero-order valence-electron chi connectivity index (χ0n) is 24.8. The topological polar surface area (TPSA) is 76.3 Å². The molecular weight excluding hydrogens is 536 g/mol. The predicted octanol–water partition coefficient (Wildman–Crippen LogP) is 7.61. The lowest BCUT2D eigenvalue weighted by Crippen LogP contribution is -2.46. The standard InChI is InChI=1S/C35H32N6O2/c1-21-15-16-22(2)27(19-21)37-33-35-38-34-31(23(3)39-41(34)25-11-7-6-8-12-25)32(24-17-18-29(42-4)30(20-24)43-5)40(35)28-14-10-9-13-26(28)36-33/h6-20,32H,1-5H3,(H,36,37)/t32-/m1/s1. The van der Waals surface area contributed by atoms with E-state index in [1.807, 2.05) is 72.3 Å². The van der Waals surface area contributed by atoms with Crippen LogP contribution in [0.1, 0.15) is 34.0 Å². The summed E-state index contributed by atoms with van der Waals surface area (Å²) in [5.74, 6) is 3.48. The summed E-state index contributed by atoms with van der Waals surface area (Å²) in [6, 6.07) is 30.5. The van der Waals surface area contributed by atoms with Gasteiger partial charge in [-0.3, -0.25) is 0 Å². The number of benzene rings is 4. The Hall–Kier alpha value is -5.37. The Morgan fingerprint density at radius 3 is 2.33 bits per heavy atom. The third kappa shape index (κ3) is 4.43. The number of hydrogen-bond donors (Lipinski definition) is 1. The Morgan fingerprint density at radius 2 is 1.53 bits per heavy atom. The first-order valence-electron chi connectivity index (χ1n) is 14.2. The van der Waals surface area contributed by atoms with Crippen molar-refractivity contribution in [1.29, 1.82) is 0 Å². The summed E-state index contributed by atoms with van der Waals surface area (Å²) in [5, 5.41) is 8.67. The van der Waals surface area contributed by atoms with Crippen molar-refractivity contribution in [2.75, 3.05) is 24.4 Å². The van der Waals surface area contributed by atoms with E-state index in [2.05, 4.69) is 54.4 Å². The molecule has 1 aromatic heterocycles. The average Bonchev–Trinajstić information content (AvgIpc) is 3.37. The monoisotopic (exact) mass is 568 g/mol. The Bertz CT molecular complexity index is 1920. The van der Waals surface area contributed by atoms with Crippen molar-refractivity contribution in [1.82, 2.24) is 9.78 Å². The van der Waals surface area contributed by atoms with Crippen molar-refractivity contribution in [2.24, 2.45) is 9.98 Å². The summed E-state index contributed by atoms with van der Waals surface area (Å²) in [6.07, 6.45) is 0. The van der Waals surface area contributed by atoms with E-state index < -0.39 is 0 Å². The van der Waals surface area contributed by atoms with Gasteiger partial charge in [0, 0.05) is 11.3 Å². The van der Waals surface area contributed by atoms with Crippen LogP contribution in [-0.2, 0) is 0 Å². The third-order valence-corrected chi connectivity index (χ3v) is 8.01. The van der Waals surface area contributed by atoms with E-state index in [-0.39, 0.29) is 6.04 Å². The summed E-state index contributed by atoms with van der Waals surface area (Å²) in [6.45, 7) is 6.23. The van der Waals surface area contributed by atoms with Crippen LogP contribution in [-0.4, -0.2) is 35.7 Å². The fraction of sp³-hybridized carbons (Fsp3) is 0.171. The molecule has 0 aliphatic carbocycles. The molecule has 2 aliphatic heterocycles. The average molecular weight is 569 g/mol. The highest BCUT2D eigenvalue weighted by Gasteiger charge is 2.41. The largest absolute Gasteiger partial charge is 0.493 e. The van der Waals surface area contributed by atoms with E-state index in [4.69, 9.17) is 24.6 Å². The normalized spacial score (nSPS) is 15.1. The molecule has 214 valence electrons. The van der Waals surface area contributed by atoms with Gasteiger partial charge in [0.05, 0.1) is 43.0 Å². The minimum absolute atomic E-state index is 0.271. The quantitative estimate of drug-likeness (QED) is 0.236. The number of anilines is 2. The van der Waals surface area contributed by atoms with Crippen LogP contribution in [0, 0.1) is 20.8 Å². The molecule has 0 saturated heterocycles. The lowest BCUT2D eigenvalue weighted by Gasteiger charge is -2.40. The molecule has 1 N–H and O–H groups in total. The lowest BCUT2D eigenvalue weighted by molar-refractivity contribution is 0.354. The number of nitrogens with one attached hydrogen (secondary N) is 1. The van der Waals surface area contributed by atoms with Gasteiger partial charge in [0.2, 0.25) is 0 Å².